The zero-order valence-electron chi connectivity index (χ0n) is 8.12. The van der Waals surface area contributed by atoms with Crippen LogP contribution in [0.15, 0.2) is 12.1 Å². The number of halogens is 4. The molecule has 0 fully saturated rings. The Bertz CT molecular complexity index is 458. The van der Waals surface area contributed by atoms with Crippen LogP contribution in [0.5, 0.6) is 5.75 Å². The number of phenols is 1. The average Bonchev–Trinajstić information content (AvgIpc) is 2.18. The lowest BCUT2D eigenvalue weighted by Crippen LogP contribution is -2.29. The molecule has 0 aromatic heterocycles. The molecule has 1 aromatic rings. The third-order valence-corrected chi connectivity index (χ3v) is 2.02. The summed E-state index contributed by atoms with van der Waals surface area (Å²) in [6.45, 7) is 0. The Hall–Kier alpha value is -1.83. The predicted octanol–water partition coefficient (Wildman–Crippen LogP) is 1.79. The molecular weight excluding hydrogens is 246 g/mol. The molecule has 0 unspecified atom stereocenters. The molecule has 0 bridgehead atoms. The molecule has 0 aliphatic carbocycles. The highest BCUT2D eigenvalue weighted by Gasteiger charge is 2.40. The van der Waals surface area contributed by atoms with E-state index < -0.39 is 40.9 Å². The number of nitrogens with two attached hydrogens (primary N) is 1. The summed E-state index contributed by atoms with van der Waals surface area (Å²) in [6, 6.07) is -1.90. The molecule has 1 aromatic carbocycles. The van der Waals surface area contributed by atoms with E-state index in [4.69, 9.17) is 10.8 Å². The molecule has 0 heterocycles. The molecule has 4 N–H and O–H groups in total. The van der Waals surface area contributed by atoms with Crippen molar-refractivity contribution >= 4 is 5.97 Å². The molecule has 0 saturated carbocycles. The smallest absolute Gasteiger partial charge is 0.407 e. The number of aromatic hydroxyl groups is 1. The lowest BCUT2D eigenvalue weighted by atomic mass is 10.0. The van der Waals surface area contributed by atoms with Gasteiger partial charge in [0.05, 0.1) is 0 Å². The van der Waals surface area contributed by atoms with Gasteiger partial charge in [-0.25, -0.2) is 9.18 Å². The standard InChI is InChI=1S/C9H7F4NO3/c10-3-1-4(7(14)9(11,12)13)6(15)5(2-3)8(16)17/h1-2,7,15H,14H2,(H,16,17)/t7-/m1/s1. The monoisotopic (exact) mass is 253 g/mol. The van der Waals surface area contributed by atoms with E-state index in [0.717, 1.165) is 0 Å². The fraction of sp³-hybridized carbons (Fsp3) is 0.222. The van der Waals surface area contributed by atoms with Crippen LogP contribution in [0.4, 0.5) is 17.6 Å². The number of carboxylic acids is 1. The van der Waals surface area contributed by atoms with E-state index in [1.54, 1.807) is 0 Å². The van der Waals surface area contributed by atoms with E-state index in [2.05, 4.69) is 0 Å². The van der Waals surface area contributed by atoms with Gasteiger partial charge in [0.25, 0.3) is 0 Å². The van der Waals surface area contributed by atoms with Crippen molar-refractivity contribution in [2.45, 2.75) is 12.2 Å². The lowest BCUT2D eigenvalue weighted by Gasteiger charge is -2.17. The summed E-state index contributed by atoms with van der Waals surface area (Å²) >= 11 is 0. The van der Waals surface area contributed by atoms with Crippen molar-refractivity contribution in [1.29, 1.82) is 0 Å². The van der Waals surface area contributed by atoms with Gasteiger partial charge in [-0.05, 0) is 12.1 Å². The maximum Gasteiger partial charge on any atom is 0.407 e. The van der Waals surface area contributed by atoms with Crippen LogP contribution in [0.1, 0.15) is 22.0 Å². The number of hydrogen-bond donors (Lipinski definition) is 3. The van der Waals surface area contributed by atoms with Gasteiger partial charge in [0.15, 0.2) is 0 Å². The summed E-state index contributed by atoms with van der Waals surface area (Å²) < 4.78 is 49.7. The van der Waals surface area contributed by atoms with Crippen LogP contribution in [0.2, 0.25) is 0 Å². The van der Waals surface area contributed by atoms with Crippen molar-refractivity contribution in [3.63, 3.8) is 0 Å². The summed E-state index contributed by atoms with van der Waals surface area (Å²) in [4.78, 5) is 10.5. The lowest BCUT2D eigenvalue weighted by molar-refractivity contribution is -0.149. The largest absolute Gasteiger partial charge is 0.507 e. The molecule has 0 radical (unpaired) electrons. The zero-order valence-corrected chi connectivity index (χ0v) is 8.12. The third kappa shape index (κ3) is 2.64. The van der Waals surface area contributed by atoms with Gasteiger partial charge in [0, 0.05) is 5.56 Å². The number of rotatable bonds is 2. The van der Waals surface area contributed by atoms with Crippen molar-refractivity contribution in [3.05, 3.63) is 29.1 Å². The molecule has 0 aliphatic rings. The second-order valence-corrected chi connectivity index (χ2v) is 3.22. The van der Waals surface area contributed by atoms with E-state index in [1.807, 2.05) is 0 Å². The molecule has 0 saturated heterocycles. The maximum absolute atomic E-state index is 12.9. The average molecular weight is 253 g/mol. The van der Waals surface area contributed by atoms with Crippen LogP contribution in [0.25, 0.3) is 0 Å². The Balaban J connectivity index is 3.40. The van der Waals surface area contributed by atoms with E-state index in [9.17, 15) is 27.5 Å². The van der Waals surface area contributed by atoms with Gasteiger partial charge in [-0.1, -0.05) is 0 Å². The van der Waals surface area contributed by atoms with E-state index >= 15 is 0 Å². The first-order valence-corrected chi connectivity index (χ1v) is 4.22. The highest BCUT2D eigenvalue weighted by molar-refractivity contribution is 5.91. The van der Waals surface area contributed by atoms with Gasteiger partial charge in [-0.15, -0.1) is 0 Å². The minimum absolute atomic E-state index is 0.347. The molecule has 17 heavy (non-hydrogen) atoms. The van der Waals surface area contributed by atoms with Gasteiger partial charge in [-0.2, -0.15) is 13.2 Å². The number of carbonyl (C=O) groups is 1. The Morgan fingerprint density at radius 3 is 2.29 bits per heavy atom. The number of carboxylic acid groups (broad SMARTS) is 1. The van der Waals surface area contributed by atoms with Crippen molar-refractivity contribution in [1.82, 2.24) is 0 Å². The van der Waals surface area contributed by atoms with Crippen LogP contribution < -0.4 is 5.73 Å². The van der Waals surface area contributed by atoms with Crippen LogP contribution in [-0.2, 0) is 0 Å². The minimum Gasteiger partial charge on any atom is -0.507 e. The number of hydrogen-bond acceptors (Lipinski definition) is 3. The van der Waals surface area contributed by atoms with E-state index in [-0.39, 0.29) is 0 Å². The maximum atomic E-state index is 12.9. The van der Waals surface area contributed by atoms with Gasteiger partial charge >= 0.3 is 12.1 Å². The summed E-state index contributed by atoms with van der Waals surface area (Å²) in [5.41, 5.74) is 2.78. The Morgan fingerprint density at radius 2 is 1.88 bits per heavy atom. The van der Waals surface area contributed by atoms with E-state index in [1.165, 1.54) is 0 Å². The molecule has 1 rings (SSSR count). The Kier molecular flexibility index (Phi) is 3.28. The summed E-state index contributed by atoms with van der Waals surface area (Å²) in [6.07, 6.45) is -4.92. The Labute approximate surface area is 92.3 Å². The fourth-order valence-corrected chi connectivity index (χ4v) is 1.20. The molecule has 8 heteroatoms. The highest BCUT2D eigenvalue weighted by atomic mass is 19.4. The molecule has 0 spiro atoms. The predicted molar refractivity (Wildman–Crippen MR) is 48.0 cm³/mol. The van der Waals surface area contributed by atoms with Crippen molar-refractivity contribution in [2.24, 2.45) is 5.73 Å². The first-order valence-electron chi connectivity index (χ1n) is 4.22. The number of benzene rings is 1. The van der Waals surface area contributed by atoms with Crippen molar-refractivity contribution in [3.8, 4) is 5.75 Å². The summed E-state index contributed by atoms with van der Waals surface area (Å²) in [5.74, 6) is -4.17. The van der Waals surface area contributed by atoms with Gasteiger partial charge < -0.3 is 15.9 Å². The van der Waals surface area contributed by atoms with Gasteiger partial charge in [0.1, 0.15) is 23.2 Å². The summed E-state index contributed by atoms with van der Waals surface area (Å²) in [5, 5.41) is 17.8. The fourth-order valence-electron chi connectivity index (χ4n) is 1.20. The SMILES string of the molecule is N[C@H](c1cc(F)cc(C(=O)O)c1O)C(F)(F)F. The topological polar surface area (TPSA) is 83.6 Å². The molecule has 1 atom stereocenters. The van der Waals surface area contributed by atoms with Crippen LogP contribution in [0.3, 0.4) is 0 Å². The number of alkyl halides is 3. The zero-order chi connectivity index (χ0) is 13.4. The first kappa shape index (κ1) is 13.2. The Morgan fingerprint density at radius 1 is 1.35 bits per heavy atom. The normalized spacial score (nSPS) is 13.5. The highest BCUT2D eigenvalue weighted by Crippen LogP contribution is 2.37. The second-order valence-electron chi connectivity index (χ2n) is 3.22. The van der Waals surface area contributed by atoms with Crippen molar-refractivity contribution in [2.75, 3.05) is 0 Å². The van der Waals surface area contributed by atoms with Crippen LogP contribution in [0, 0.1) is 5.82 Å². The summed E-state index contributed by atoms with van der Waals surface area (Å²) in [7, 11) is 0. The van der Waals surface area contributed by atoms with Crippen LogP contribution in [-0.4, -0.2) is 22.4 Å². The molecule has 4 nitrogen and oxygen atoms in total. The first-order chi connectivity index (χ1) is 7.64. The number of aromatic carboxylic acids is 1. The minimum atomic E-state index is -4.92. The van der Waals surface area contributed by atoms with Crippen LogP contribution >= 0.6 is 0 Å². The van der Waals surface area contributed by atoms with Crippen molar-refractivity contribution < 1.29 is 32.6 Å². The third-order valence-electron chi connectivity index (χ3n) is 2.02. The molecule has 0 amide bonds. The quantitative estimate of drug-likeness (QED) is 0.701. The molecule has 94 valence electrons. The molecule has 0 aliphatic heterocycles. The second kappa shape index (κ2) is 4.21. The van der Waals surface area contributed by atoms with Gasteiger partial charge in [0.2, 0.25) is 0 Å². The van der Waals surface area contributed by atoms with E-state index in [0.29, 0.717) is 12.1 Å². The van der Waals surface area contributed by atoms with Gasteiger partial charge in [-0.3, -0.25) is 0 Å². The molecular formula is C9H7F4NO3.